The Morgan fingerprint density at radius 2 is 2.48 bits per heavy atom. The van der Waals surface area contributed by atoms with Crippen LogP contribution in [0.1, 0.15) is 25.7 Å². The number of ether oxygens (including phenoxy) is 1. The molecule has 124 valence electrons. The van der Waals surface area contributed by atoms with E-state index in [1.165, 1.54) is 0 Å². The molecule has 7 heteroatoms. The number of carbonyl (C=O) groups is 1. The second-order valence-corrected chi connectivity index (χ2v) is 6.51. The van der Waals surface area contributed by atoms with E-state index in [1.807, 2.05) is 23.6 Å². The lowest BCUT2D eigenvalue weighted by Gasteiger charge is -2.10. The van der Waals surface area contributed by atoms with Gasteiger partial charge in [-0.05, 0) is 30.7 Å². The van der Waals surface area contributed by atoms with Crippen LogP contribution in [0.2, 0.25) is 0 Å². The van der Waals surface area contributed by atoms with Crippen molar-refractivity contribution < 1.29 is 14.6 Å². The molecule has 0 aromatic carbocycles. The first-order valence-corrected chi connectivity index (χ1v) is 8.78. The maximum Gasteiger partial charge on any atom is 0.225 e. The summed E-state index contributed by atoms with van der Waals surface area (Å²) in [6.07, 6.45) is 3.52. The van der Waals surface area contributed by atoms with Crippen molar-refractivity contribution in [3.63, 3.8) is 0 Å². The van der Waals surface area contributed by atoms with Gasteiger partial charge in [-0.3, -0.25) is 4.79 Å². The summed E-state index contributed by atoms with van der Waals surface area (Å²) in [4.78, 5) is 13.2. The summed E-state index contributed by atoms with van der Waals surface area (Å²) in [5.74, 6) is 0.581. The molecule has 3 rings (SSSR count). The van der Waals surface area contributed by atoms with Crippen LogP contribution in [0.4, 0.5) is 5.82 Å². The quantitative estimate of drug-likeness (QED) is 0.815. The lowest BCUT2D eigenvalue weighted by atomic mass is 10.1. The van der Waals surface area contributed by atoms with E-state index < -0.39 is 0 Å². The van der Waals surface area contributed by atoms with Gasteiger partial charge in [0.1, 0.15) is 11.5 Å². The molecule has 1 atom stereocenters. The average molecular weight is 335 g/mol. The number of carbonyl (C=O) groups excluding carboxylic acids is 1. The number of aromatic nitrogens is 2. The molecule has 1 unspecified atom stereocenters. The Bertz CT molecular complexity index is 633. The second-order valence-electron chi connectivity index (χ2n) is 5.56. The van der Waals surface area contributed by atoms with Crippen LogP contribution in [0.5, 0.6) is 0 Å². The van der Waals surface area contributed by atoms with Crippen molar-refractivity contribution >= 4 is 23.1 Å². The van der Waals surface area contributed by atoms with Crippen molar-refractivity contribution in [3.05, 3.63) is 23.6 Å². The molecule has 2 N–H and O–H groups in total. The first kappa shape index (κ1) is 16.2. The van der Waals surface area contributed by atoms with Gasteiger partial charge in [0.05, 0.1) is 24.1 Å². The third kappa shape index (κ3) is 4.19. The van der Waals surface area contributed by atoms with Crippen LogP contribution in [0.3, 0.4) is 0 Å². The van der Waals surface area contributed by atoms with Crippen LogP contribution in [-0.4, -0.2) is 40.1 Å². The van der Waals surface area contributed by atoms with Gasteiger partial charge < -0.3 is 15.2 Å². The Hall–Kier alpha value is -1.70. The number of aliphatic hydroxyl groups excluding tert-OH is 1. The van der Waals surface area contributed by atoms with Crippen LogP contribution in [-0.2, 0) is 16.1 Å². The molecule has 0 aliphatic carbocycles. The average Bonchev–Trinajstić information content (AvgIpc) is 3.28. The van der Waals surface area contributed by atoms with Crippen molar-refractivity contribution in [1.82, 2.24) is 9.78 Å². The highest BCUT2D eigenvalue weighted by molar-refractivity contribution is 7.13. The van der Waals surface area contributed by atoms with E-state index in [4.69, 9.17) is 4.74 Å². The zero-order chi connectivity index (χ0) is 16.1. The van der Waals surface area contributed by atoms with Crippen molar-refractivity contribution in [2.45, 2.75) is 38.3 Å². The minimum Gasteiger partial charge on any atom is -0.394 e. The van der Waals surface area contributed by atoms with Crippen LogP contribution in [0, 0.1) is 0 Å². The Labute approximate surface area is 139 Å². The number of nitrogens with one attached hydrogen (secondary N) is 1. The molecule has 6 nitrogen and oxygen atoms in total. The van der Waals surface area contributed by atoms with Crippen LogP contribution in [0.25, 0.3) is 10.6 Å². The third-order valence-electron chi connectivity index (χ3n) is 3.85. The van der Waals surface area contributed by atoms with Crippen LogP contribution >= 0.6 is 11.3 Å². The summed E-state index contributed by atoms with van der Waals surface area (Å²) < 4.78 is 7.18. The number of hydrogen-bond acceptors (Lipinski definition) is 5. The second kappa shape index (κ2) is 7.72. The van der Waals surface area contributed by atoms with E-state index >= 15 is 0 Å². The largest absolute Gasteiger partial charge is 0.394 e. The Kier molecular flexibility index (Phi) is 5.43. The van der Waals surface area contributed by atoms with Gasteiger partial charge in [0.15, 0.2) is 0 Å². The molecule has 1 aliphatic heterocycles. The molecule has 23 heavy (non-hydrogen) atoms. The number of hydrogen-bond donors (Lipinski definition) is 2. The number of anilines is 1. The molecule has 0 saturated carbocycles. The van der Waals surface area contributed by atoms with E-state index in [2.05, 4.69) is 10.4 Å². The van der Waals surface area contributed by atoms with Gasteiger partial charge in [-0.15, -0.1) is 11.3 Å². The first-order chi connectivity index (χ1) is 11.3. The fraction of sp³-hybridized carbons (Fsp3) is 0.500. The molecule has 2 aromatic rings. The van der Waals surface area contributed by atoms with E-state index in [9.17, 15) is 9.90 Å². The molecule has 3 heterocycles. The molecule has 0 bridgehead atoms. The molecular formula is C16H21N3O3S. The van der Waals surface area contributed by atoms with Crippen LogP contribution in [0.15, 0.2) is 23.6 Å². The minimum absolute atomic E-state index is 0.0235. The standard InChI is InChI=1S/C16H21N3O3S/c20-8-7-19-15(11-13(18-19)14-4-2-10-23-14)17-16(21)6-5-12-3-1-9-22-12/h2,4,10-12,20H,1,3,5-9H2,(H,17,21). The SMILES string of the molecule is O=C(CCC1CCCO1)Nc1cc(-c2cccs2)nn1CCO. The maximum atomic E-state index is 12.2. The van der Waals surface area contributed by atoms with Gasteiger partial charge in [0, 0.05) is 19.1 Å². The molecular weight excluding hydrogens is 314 g/mol. The summed E-state index contributed by atoms with van der Waals surface area (Å²) in [6.45, 7) is 1.14. The summed E-state index contributed by atoms with van der Waals surface area (Å²) >= 11 is 1.59. The van der Waals surface area contributed by atoms with E-state index in [-0.39, 0.29) is 18.6 Å². The van der Waals surface area contributed by atoms with Crippen molar-refractivity contribution in [2.75, 3.05) is 18.5 Å². The summed E-state index contributed by atoms with van der Waals surface area (Å²) in [7, 11) is 0. The number of rotatable bonds is 7. The topological polar surface area (TPSA) is 76.4 Å². The predicted octanol–water partition coefficient (Wildman–Crippen LogP) is 2.50. The highest BCUT2D eigenvalue weighted by Crippen LogP contribution is 2.26. The fourth-order valence-corrected chi connectivity index (χ4v) is 3.38. The van der Waals surface area contributed by atoms with Crippen molar-refractivity contribution in [1.29, 1.82) is 0 Å². The minimum atomic E-state index is -0.0441. The lowest BCUT2D eigenvalue weighted by Crippen LogP contribution is -2.18. The Balaban J connectivity index is 1.64. The summed E-state index contributed by atoms with van der Waals surface area (Å²) in [6, 6.07) is 5.80. The molecule has 2 aromatic heterocycles. The van der Waals surface area contributed by atoms with E-state index in [1.54, 1.807) is 16.0 Å². The predicted molar refractivity (Wildman–Crippen MR) is 89.5 cm³/mol. The fourth-order valence-electron chi connectivity index (χ4n) is 2.70. The van der Waals surface area contributed by atoms with Crippen molar-refractivity contribution in [2.24, 2.45) is 0 Å². The zero-order valence-corrected chi connectivity index (χ0v) is 13.7. The van der Waals surface area contributed by atoms with Crippen molar-refractivity contribution in [3.8, 4) is 10.6 Å². The van der Waals surface area contributed by atoms with Gasteiger partial charge in [-0.25, -0.2) is 4.68 Å². The number of nitrogens with zero attached hydrogens (tertiary/aromatic N) is 2. The summed E-state index contributed by atoms with van der Waals surface area (Å²) in [5.41, 5.74) is 0.808. The van der Waals surface area contributed by atoms with E-state index in [0.29, 0.717) is 18.8 Å². The van der Waals surface area contributed by atoms with Gasteiger partial charge >= 0.3 is 0 Å². The van der Waals surface area contributed by atoms with Gasteiger partial charge in [-0.1, -0.05) is 6.07 Å². The van der Waals surface area contributed by atoms with Gasteiger partial charge in [0.2, 0.25) is 5.91 Å². The molecule has 1 amide bonds. The molecule has 0 spiro atoms. The maximum absolute atomic E-state index is 12.2. The van der Waals surface area contributed by atoms with E-state index in [0.717, 1.165) is 36.4 Å². The van der Waals surface area contributed by atoms with Crippen LogP contribution < -0.4 is 5.32 Å². The monoisotopic (exact) mass is 335 g/mol. The number of thiophene rings is 1. The normalized spacial score (nSPS) is 17.5. The Morgan fingerprint density at radius 3 is 3.17 bits per heavy atom. The number of aliphatic hydroxyl groups is 1. The Morgan fingerprint density at radius 1 is 1.57 bits per heavy atom. The summed E-state index contributed by atoms with van der Waals surface area (Å²) in [5, 5.41) is 18.5. The highest BCUT2D eigenvalue weighted by Gasteiger charge is 2.18. The smallest absolute Gasteiger partial charge is 0.225 e. The number of amides is 1. The van der Waals surface area contributed by atoms with Gasteiger partial charge in [0.25, 0.3) is 0 Å². The first-order valence-electron chi connectivity index (χ1n) is 7.90. The molecule has 1 fully saturated rings. The molecule has 1 aliphatic rings. The van der Waals surface area contributed by atoms with Gasteiger partial charge in [-0.2, -0.15) is 5.10 Å². The third-order valence-corrected chi connectivity index (χ3v) is 4.74. The lowest BCUT2D eigenvalue weighted by molar-refractivity contribution is -0.116. The molecule has 1 saturated heterocycles. The highest BCUT2D eigenvalue weighted by atomic mass is 32.1. The molecule has 0 radical (unpaired) electrons. The zero-order valence-electron chi connectivity index (χ0n) is 12.9.